The fraction of sp³-hybridized carbons (Fsp3) is 0.942. The first kappa shape index (κ1) is 73.6. The minimum Gasteiger partial charge on any atom is -0.466 e. The van der Waals surface area contributed by atoms with Crippen LogP contribution in [-0.4, -0.2) is 47.4 Å². The molecule has 0 bridgehead atoms. The number of unbranched alkanes of at least 4 members (excludes halogenated alkanes) is 54. The molecule has 0 saturated heterocycles. The Morgan fingerprint density at radius 2 is 0.613 bits per heavy atom. The largest absolute Gasteiger partial charge is 0.466 e. The molecule has 0 aromatic rings. The van der Waals surface area contributed by atoms with Gasteiger partial charge in [0.05, 0.1) is 25.4 Å². The number of aliphatic hydroxyl groups is 2. The molecule has 0 aromatic heterocycles. The highest BCUT2D eigenvalue weighted by molar-refractivity contribution is 5.76. The van der Waals surface area contributed by atoms with Gasteiger partial charge in [0.25, 0.3) is 0 Å². The molecule has 0 heterocycles. The zero-order chi connectivity index (χ0) is 54.3. The Hall–Kier alpha value is -1.40. The molecule has 0 aliphatic rings. The number of esters is 1. The van der Waals surface area contributed by atoms with E-state index in [1.807, 2.05) is 6.08 Å². The third-order valence-corrected chi connectivity index (χ3v) is 16.3. The van der Waals surface area contributed by atoms with E-state index in [1.165, 1.54) is 327 Å². The molecule has 2 unspecified atom stereocenters. The smallest absolute Gasteiger partial charge is 0.305 e. The van der Waals surface area contributed by atoms with Gasteiger partial charge in [-0.2, -0.15) is 0 Å². The van der Waals surface area contributed by atoms with E-state index < -0.39 is 12.1 Å². The fourth-order valence-corrected chi connectivity index (χ4v) is 11.1. The topological polar surface area (TPSA) is 95.9 Å². The Morgan fingerprint density at radius 3 is 0.907 bits per heavy atom. The summed E-state index contributed by atoms with van der Waals surface area (Å²) in [6.45, 7) is 4.95. The van der Waals surface area contributed by atoms with Crippen molar-refractivity contribution in [3.8, 4) is 0 Å². The number of allylic oxidation sites excluding steroid dienone is 1. The molecule has 3 N–H and O–H groups in total. The molecule has 0 aromatic carbocycles. The van der Waals surface area contributed by atoms with Crippen LogP contribution in [0.2, 0.25) is 0 Å². The van der Waals surface area contributed by atoms with Crippen molar-refractivity contribution < 1.29 is 24.5 Å². The van der Waals surface area contributed by atoms with Crippen molar-refractivity contribution >= 4 is 11.9 Å². The number of aliphatic hydroxyl groups excluding tert-OH is 2. The molecule has 2 atom stereocenters. The Labute approximate surface area is 469 Å². The maximum Gasteiger partial charge on any atom is 0.305 e. The van der Waals surface area contributed by atoms with Crippen LogP contribution in [0.5, 0.6) is 0 Å². The lowest BCUT2D eigenvalue weighted by molar-refractivity contribution is -0.143. The van der Waals surface area contributed by atoms with Crippen LogP contribution in [0.1, 0.15) is 393 Å². The second kappa shape index (κ2) is 65.1. The van der Waals surface area contributed by atoms with Crippen LogP contribution in [0.4, 0.5) is 0 Å². The van der Waals surface area contributed by atoms with Crippen molar-refractivity contribution in [2.75, 3.05) is 13.2 Å². The number of rotatable bonds is 65. The van der Waals surface area contributed by atoms with E-state index in [-0.39, 0.29) is 18.5 Å². The number of hydrogen-bond donors (Lipinski definition) is 3. The standard InChI is InChI=1S/C69H135NO5/c1-3-5-7-9-11-13-15-17-19-21-27-30-33-37-41-45-49-53-57-61-67(72)66(65-71)70-68(73)62-58-54-50-46-42-38-34-31-28-25-23-22-24-26-29-32-36-40-44-48-52-56-60-64-75-69(74)63-59-55-51-47-43-39-35-20-18-16-14-12-10-8-6-4-2/h57,61,66-67,71-72H,3-56,58-60,62-65H2,1-2H3,(H,70,73)/b61-57+. The number of amides is 1. The predicted molar refractivity (Wildman–Crippen MR) is 329 cm³/mol. The fourth-order valence-electron chi connectivity index (χ4n) is 11.1. The lowest BCUT2D eigenvalue weighted by Gasteiger charge is -2.20. The van der Waals surface area contributed by atoms with Crippen LogP contribution in [-0.2, 0) is 14.3 Å². The summed E-state index contributed by atoms with van der Waals surface area (Å²) in [7, 11) is 0. The number of carbonyl (C=O) groups excluding carboxylic acids is 2. The normalized spacial score (nSPS) is 12.5. The van der Waals surface area contributed by atoms with E-state index in [0.717, 1.165) is 38.5 Å². The lowest BCUT2D eigenvalue weighted by Crippen LogP contribution is -2.45. The zero-order valence-corrected chi connectivity index (χ0v) is 51.1. The van der Waals surface area contributed by atoms with Crippen molar-refractivity contribution in [1.82, 2.24) is 5.32 Å². The third kappa shape index (κ3) is 61.7. The Kier molecular flexibility index (Phi) is 63.9. The van der Waals surface area contributed by atoms with Gasteiger partial charge in [0.2, 0.25) is 5.91 Å². The summed E-state index contributed by atoms with van der Waals surface area (Å²) in [5.74, 6) is -0.0449. The second-order valence-corrected chi connectivity index (χ2v) is 23.9. The van der Waals surface area contributed by atoms with E-state index in [4.69, 9.17) is 4.74 Å². The molecule has 75 heavy (non-hydrogen) atoms. The van der Waals surface area contributed by atoms with Crippen molar-refractivity contribution in [1.29, 1.82) is 0 Å². The molecule has 0 rings (SSSR count). The van der Waals surface area contributed by atoms with Crippen LogP contribution in [0, 0.1) is 0 Å². The molecule has 0 fully saturated rings. The SMILES string of the molecule is CCCCCCCCCCCCCCCCCCC/C=C/C(O)C(CO)NC(=O)CCCCCCCCCCCCCCCCCCCCCCCCCOC(=O)CCCCCCCCCCCCCCCCCC. The average Bonchev–Trinajstić information content (AvgIpc) is 3.41. The van der Waals surface area contributed by atoms with Crippen LogP contribution < -0.4 is 5.32 Å². The summed E-state index contributed by atoms with van der Waals surface area (Å²) >= 11 is 0. The Balaban J connectivity index is 3.38. The van der Waals surface area contributed by atoms with E-state index in [2.05, 4.69) is 19.2 Å². The van der Waals surface area contributed by atoms with Gasteiger partial charge in [-0.3, -0.25) is 9.59 Å². The monoisotopic (exact) mass is 1060 g/mol. The lowest BCUT2D eigenvalue weighted by atomic mass is 10.0. The van der Waals surface area contributed by atoms with Crippen molar-refractivity contribution in [3.05, 3.63) is 12.2 Å². The molecule has 1 amide bonds. The summed E-state index contributed by atoms with van der Waals surface area (Å²) in [4.78, 5) is 24.6. The van der Waals surface area contributed by atoms with Crippen LogP contribution in [0.3, 0.4) is 0 Å². The summed E-state index contributed by atoms with van der Waals surface area (Å²) in [5.41, 5.74) is 0. The van der Waals surface area contributed by atoms with Crippen molar-refractivity contribution in [3.63, 3.8) is 0 Å². The van der Waals surface area contributed by atoms with Crippen molar-refractivity contribution in [2.24, 2.45) is 0 Å². The van der Waals surface area contributed by atoms with Gasteiger partial charge in [-0.05, 0) is 32.1 Å². The van der Waals surface area contributed by atoms with E-state index in [0.29, 0.717) is 19.4 Å². The summed E-state index contributed by atoms with van der Waals surface area (Å²) in [6.07, 6.45) is 79.9. The van der Waals surface area contributed by atoms with E-state index in [9.17, 15) is 19.8 Å². The summed E-state index contributed by atoms with van der Waals surface area (Å²) in [5, 5.41) is 23.2. The van der Waals surface area contributed by atoms with E-state index in [1.54, 1.807) is 6.08 Å². The number of carbonyl (C=O) groups is 2. The van der Waals surface area contributed by atoms with Gasteiger partial charge < -0.3 is 20.3 Å². The quantitative estimate of drug-likeness (QED) is 0.0320. The summed E-state index contributed by atoms with van der Waals surface area (Å²) < 4.78 is 5.50. The summed E-state index contributed by atoms with van der Waals surface area (Å²) in [6, 6.07) is -0.627. The molecule has 0 aliphatic heterocycles. The van der Waals surface area contributed by atoms with Crippen LogP contribution in [0.25, 0.3) is 0 Å². The molecule has 6 heteroatoms. The average molecular weight is 1060 g/mol. The molecule has 0 spiro atoms. The van der Waals surface area contributed by atoms with Crippen LogP contribution in [0.15, 0.2) is 12.2 Å². The van der Waals surface area contributed by atoms with Gasteiger partial charge in [0.1, 0.15) is 0 Å². The molecule has 446 valence electrons. The zero-order valence-electron chi connectivity index (χ0n) is 51.1. The molecule has 6 nitrogen and oxygen atoms in total. The van der Waals surface area contributed by atoms with Crippen molar-refractivity contribution in [2.45, 2.75) is 405 Å². The van der Waals surface area contributed by atoms with Gasteiger partial charge in [-0.15, -0.1) is 0 Å². The van der Waals surface area contributed by atoms with Gasteiger partial charge in [-0.25, -0.2) is 0 Å². The molecular weight excluding hydrogens is 923 g/mol. The maximum atomic E-state index is 12.5. The van der Waals surface area contributed by atoms with Gasteiger partial charge in [0, 0.05) is 12.8 Å². The number of ether oxygens (including phenoxy) is 1. The minimum atomic E-state index is -0.844. The van der Waals surface area contributed by atoms with Gasteiger partial charge >= 0.3 is 5.97 Å². The van der Waals surface area contributed by atoms with Gasteiger partial charge in [0.15, 0.2) is 0 Å². The number of nitrogens with one attached hydrogen (secondary N) is 1. The Bertz CT molecular complexity index is 1130. The molecule has 0 saturated carbocycles. The maximum absolute atomic E-state index is 12.5. The van der Waals surface area contributed by atoms with Crippen LogP contribution >= 0.6 is 0 Å². The second-order valence-electron chi connectivity index (χ2n) is 23.9. The molecule has 0 aliphatic carbocycles. The third-order valence-electron chi connectivity index (χ3n) is 16.3. The first-order valence-corrected chi connectivity index (χ1v) is 34.5. The highest BCUT2D eigenvalue weighted by Crippen LogP contribution is 2.19. The highest BCUT2D eigenvalue weighted by atomic mass is 16.5. The number of hydrogen-bond acceptors (Lipinski definition) is 5. The Morgan fingerprint density at radius 1 is 0.360 bits per heavy atom. The minimum absolute atomic E-state index is 0.0184. The molecular formula is C69H135NO5. The molecule has 0 radical (unpaired) electrons. The predicted octanol–water partition coefficient (Wildman–Crippen LogP) is 22.0. The first-order chi connectivity index (χ1) is 37.0. The first-order valence-electron chi connectivity index (χ1n) is 34.5. The van der Waals surface area contributed by atoms with Gasteiger partial charge in [-0.1, -0.05) is 360 Å². The van der Waals surface area contributed by atoms with E-state index >= 15 is 0 Å². The highest BCUT2D eigenvalue weighted by Gasteiger charge is 2.18.